The van der Waals surface area contributed by atoms with Crippen LogP contribution in [0.25, 0.3) is 16.9 Å². The molecule has 0 unspecified atom stereocenters. The van der Waals surface area contributed by atoms with Crippen molar-refractivity contribution in [1.29, 1.82) is 0 Å². The number of hydrogen-bond acceptors (Lipinski definition) is 2. The van der Waals surface area contributed by atoms with E-state index in [0.717, 1.165) is 5.56 Å². The highest BCUT2D eigenvalue weighted by molar-refractivity contribution is 6.42. The molecule has 3 rings (SSSR count). The smallest absolute Gasteiger partial charge is 0.335 e. The van der Waals surface area contributed by atoms with Crippen molar-refractivity contribution in [3.05, 3.63) is 69.1 Å². The van der Waals surface area contributed by atoms with E-state index in [-0.39, 0.29) is 11.6 Å². The minimum atomic E-state index is -0.366. The van der Waals surface area contributed by atoms with Crippen LogP contribution in [0.4, 0.5) is 0 Å². The summed E-state index contributed by atoms with van der Waals surface area (Å²) in [6, 6.07) is 14.0. The molecule has 1 N–H and O–H groups in total. The van der Waals surface area contributed by atoms with E-state index in [1.807, 2.05) is 30.3 Å². The van der Waals surface area contributed by atoms with Gasteiger partial charge in [-0.05, 0) is 18.2 Å². The molecule has 0 amide bonds. The van der Waals surface area contributed by atoms with E-state index in [2.05, 4.69) is 0 Å². The van der Waals surface area contributed by atoms with Crippen LogP contribution >= 0.6 is 23.2 Å². The van der Waals surface area contributed by atoms with Gasteiger partial charge in [0.25, 0.3) is 0 Å². The summed E-state index contributed by atoms with van der Waals surface area (Å²) >= 11 is 11.9. The van der Waals surface area contributed by atoms with Crippen molar-refractivity contribution in [2.45, 2.75) is 0 Å². The summed E-state index contributed by atoms with van der Waals surface area (Å²) in [6.07, 6.45) is 0. The van der Waals surface area contributed by atoms with E-state index in [1.54, 1.807) is 25.2 Å². The van der Waals surface area contributed by atoms with Crippen LogP contribution < -0.4 is 5.69 Å². The predicted octanol–water partition coefficient (Wildman–Crippen LogP) is 3.86. The van der Waals surface area contributed by atoms with Crippen molar-refractivity contribution >= 4 is 23.2 Å². The fourth-order valence-electron chi connectivity index (χ4n) is 2.37. The molecular formula is C16H12Cl2N2O2. The summed E-state index contributed by atoms with van der Waals surface area (Å²) in [7, 11) is 1.61. The third kappa shape index (κ3) is 2.30. The topological polar surface area (TPSA) is 47.2 Å². The molecule has 0 fully saturated rings. The number of imidazole rings is 1. The van der Waals surface area contributed by atoms with Gasteiger partial charge in [0.05, 0.1) is 15.7 Å². The SMILES string of the molecule is Cn1c(-c2ccccc2)c(O)n(-c2ccc(Cl)c(Cl)c2)c1=O. The predicted molar refractivity (Wildman–Crippen MR) is 88.1 cm³/mol. The third-order valence-electron chi connectivity index (χ3n) is 3.45. The fraction of sp³-hybridized carbons (Fsp3) is 0.0625. The first-order valence-corrected chi connectivity index (χ1v) is 7.28. The molecular weight excluding hydrogens is 323 g/mol. The third-order valence-corrected chi connectivity index (χ3v) is 4.18. The molecule has 1 heterocycles. The highest BCUT2D eigenvalue weighted by Gasteiger charge is 2.20. The average Bonchev–Trinajstić information content (AvgIpc) is 2.73. The highest BCUT2D eigenvalue weighted by Crippen LogP contribution is 2.31. The Hall–Kier alpha value is -2.17. The van der Waals surface area contributed by atoms with Gasteiger partial charge in [0.15, 0.2) is 0 Å². The van der Waals surface area contributed by atoms with Crippen molar-refractivity contribution in [2.24, 2.45) is 7.05 Å². The Morgan fingerprint density at radius 3 is 2.32 bits per heavy atom. The van der Waals surface area contributed by atoms with E-state index in [9.17, 15) is 9.90 Å². The summed E-state index contributed by atoms with van der Waals surface area (Å²) in [5, 5.41) is 11.2. The zero-order valence-electron chi connectivity index (χ0n) is 11.6. The average molecular weight is 335 g/mol. The normalized spacial score (nSPS) is 10.9. The first kappa shape index (κ1) is 14.8. The molecule has 22 heavy (non-hydrogen) atoms. The van der Waals surface area contributed by atoms with Gasteiger partial charge in [-0.25, -0.2) is 9.36 Å². The zero-order chi connectivity index (χ0) is 15.9. The number of aromatic nitrogens is 2. The number of aromatic hydroxyl groups is 1. The summed E-state index contributed by atoms with van der Waals surface area (Å²) in [6.45, 7) is 0. The van der Waals surface area contributed by atoms with Gasteiger partial charge >= 0.3 is 5.69 Å². The van der Waals surface area contributed by atoms with Gasteiger partial charge in [-0.15, -0.1) is 0 Å². The molecule has 6 heteroatoms. The van der Waals surface area contributed by atoms with Crippen molar-refractivity contribution in [1.82, 2.24) is 9.13 Å². The Morgan fingerprint density at radius 2 is 1.68 bits per heavy atom. The van der Waals surface area contributed by atoms with Crippen LogP contribution in [-0.2, 0) is 7.05 Å². The number of rotatable bonds is 2. The molecule has 0 radical (unpaired) electrons. The van der Waals surface area contributed by atoms with Crippen LogP contribution in [0.5, 0.6) is 5.88 Å². The van der Waals surface area contributed by atoms with E-state index >= 15 is 0 Å². The largest absolute Gasteiger partial charge is 0.493 e. The number of halogens is 2. The maximum atomic E-state index is 12.5. The van der Waals surface area contributed by atoms with E-state index < -0.39 is 0 Å². The molecule has 0 bridgehead atoms. The minimum absolute atomic E-state index is 0.142. The van der Waals surface area contributed by atoms with Gasteiger partial charge in [0.2, 0.25) is 5.88 Å². The molecule has 0 spiro atoms. The van der Waals surface area contributed by atoms with Gasteiger partial charge in [-0.2, -0.15) is 0 Å². The number of nitrogens with zero attached hydrogens (tertiary/aromatic N) is 2. The minimum Gasteiger partial charge on any atom is -0.493 e. The first-order valence-electron chi connectivity index (χ1n) is 6.52. The number of hydrogen-bond donors (Lipinski definition) is 1. The summed E-state index contributed by atoms with van der Waals surface area (Å²) in [4.78, 5) is 12.5. The second-order valence-electron chi connectivity index (χ2n) is 4.81. The Labute approximate surface area is 136 Å². The molecule has 1 aromatic heterocycles. The standard InChI is InChI=1S/C16H12Cl2N2O2/c1-19-14(10-5-3-2-4-6-10)15(21)20(16(19)22)11-7-8-12(17)13(18)9-11/h2-9,21H,1H3. The second kappa shape index (κ2) is 5.55. The Balaban J connectivity index is 2.27. The maximum absolute atomic E-state index is 12.5. The summed E-state index contributed by atoms with van der Waals surface area (Å²) in [5.41, 5.74) is 1.28. The lowest BCUT2D eigenvalue weighted by molar-refractivity contribution is 0.443. The molecule has 2 aromatic carbocycles. The van der Waals surface area contributed by atoms with Crippen LogP contribution in [0.3, 0.4) is 0 Å². The molecule has 0 aliphatic rings. The van der Waals surface area contributed by atoms with Gasteiger partial charge in [0, 0.05) is 12.6 Å². The van der Waals surface area contributed by atoms with Crippen LogP contribution in [0, 0.1) is 0 Å². The summed E-state index contributed by atoms with van der Waals surface area (Å²) < 4.78 is 2.59. The van der Waals surface area contributed by atoms with Crippen molar-refractivity contribution in [2.75, 3.05) is 0 Å². The Kier molecular flexibility index (Phi) is 3.72. The molecule has 3 aromatic rings. The molecule has 112 valence electrons. The van der Waals surface area contributed by atoms with E-state index in [0.29, 0.717) is 21.4 Å². The molecule has 0 aliphatic carbocycles. The van der Waals surface area contributed by atoms with E-state index in [1.165, 1.54) is 9.13 Å². The van der Waals surface area contributed by atoms with Gasteiger partial charge in [0.1, 0.15) is 5.69 Å². The molecule has 4 nitrogen and oxygen atoms in total. The Bertz CT molecular complexity index is 898. The lowest BCUT2D eigenvalue weighted by Gasteiger charge is -2.05. The molecule has 0 saturated heterocycles. The van der Waals surface area contributed by atoms with Crippen LogP contribution in [-0.4, -0.2) is 14.2 Å². The first-order chi connectivity index (χ1) is 10.5. The lowest BCUT2D eigenvalue weighted by Crippen LogP contribution is -2.21. The van der Waals surface area contributed by atoms with E-state index in [4.69, 9.17) is 23.2 Å². The van der Waals surface area contributed by atoms with Gasteiger partial charge in [-0.1, -0.05) is 53.5 Å². The van der Waals surface area contributed by atoms with Crippen LogP contribution in [0.1, 0.15) is 0 Å². The Morgan fingerprint density at radius 1 is 1.00 bits per heavy atom. The zero-order valence-corrected chi connectivity index (χ0v) is 13.1. The van der Waals surface area contributed by atoms with Crippen molar-refractivity contribution < 1.29 is 5.11 Å². The number of benzene rings is 2. The summed E-state index contributed by atoms with van der Waals surface area (Å²) in [5.74, 6) is -0.142. The second-order valence-corrected chi connectivity index (χ2v) is 5.63. The monoisotopic (exact) mass is 334 g/mol. The van der Waals surface area contributed by atoms with Crippen molar-refractivity contribution in [3.8, 4) is 22.8 Å². The fourth-order valence-corrected chi connectivity index (χ4v) is 2.66. The quantitative estimate of drug-likeness (QED) is 0.773. The molecule has 0 atom stereocenters. The molecule has 0 aliphatic heterocycles. The van der Waals surface area contributed by atoms with Crippen LogP contribution in [0.2, 0.25) is 10.0 Å². The van der Waals surface area contributed by atoms with Crippen LogP contribution in [0.15, 0.2) is 53.3 Å². The highest BCUT2D eigenvalue weighted by atomic mass is 35.5. The molecule has 0 saturated carbocycles. The van der Waals surface area contributed by atoms with Crippen molar-refractivity contribution in [3.63, 3.8) is 0 Å². The van der Waals surface area contributed by atoms with Gasteiger partial charge in [-0.3, -0.25) is 4.57 Å². The maximum Gasteiger partial charge on any atom is 0.335 e. The van der Waals surface area contributed by atoms with Gasteiger partial charge < -0.3 is 5.11 Å². The lowest BCUT2D eigenvalue weighted by atomic mass is 10.1.